The number of rotatable bonds is 6. The van der Waals surface area contributed by atoms with Gasteiger partial charge in [-0.3, -0.25) is 0 Å². The molecule has 1 N–H and O–H groups in total. The van der Waals surface area contributed by atoms with Crippen LogP contribution in [0.2, 0.25) is 0 Å². The van der Waals surface area contributed by atoms with Crippen molar-refractivity contribution < 1.29 is 0 Å². The second-order valence-corrected chi connectivity index (χ2v) is 6.19. The van der Waals surface area contributed by atoms with Gasteiger partial charge >= 0.3 is 0 Å². The third kappa shape index (κ3) is 4.89. The van der Waals surface area contributed by atoms with Gasteiger partial charge in [-0.25, -0.2) is 0 Å². The standard InChI is InChI=1S/C13H20BrNS/c1-4-7-16-13-8-12(14)6-5-11(13)9-15-10(2)3/h5-6,8,10,15H,4,7,9H2,1-3H3. The van der Waals surface area contributed by atoms with Crippen molar-refractivity contribution >= 4 is 27.7 Å². The minimum absolute atomic E-state index is 0.535. The maximum atomic E-state index is 3.53. The minimum Gasteiger partial charge on any atom is -0.310 e. The highest BCUT2D eigenvalue weighted by molar-refractivity contribution is 9.10. The van der Waals surface area contributed by atoms with E-state index in [1.54, 1.807) is 0 Å². The van der Waals surface area contributed by atoms with Crippen molar-refractivity contribution in [2.45, 2.75) is 44.7 Å². The fraction of sp³-hybridized carbons (Fsp3) is 0.538. The molecule has 0 amide bonds. The molecule has 0 spiro atoms. The van der Waals surface area contributed by atoms with Crippen LogP contribution in [0.1, 0.15) is 32.8 Å². The van der Waals surface area contributed by atoms with Gasteiger partial charge in [-0.1, -0.05) is 42.8 Å². The van der Waals surface area contributed by atoms with Crippen molar-refractivity contribution in [2.24, 2.45) is 0 Å². The molecule has 0 aliphatic rings. The molecular weight excluding hydrogens is 282 g/mol. The fourth-order valence-corrected chi connectivity index (χ4v) is 2.81. The average Bonchev–Trinajstić information content (AvgIpc) is 2.24. The molecule has 0 aliphatic heterocycles. The van der Waals surface area contributed by atoms with Crippen LogP contribution in [-0.4, -0.2) is 11.8 Å². The van der Waals surface area contributed by atoms with Crippen molar-refractivity contribution in [2.75, 3.05) is 5.75 Å². The predicted octanol–water partition coefficient (Wildman–Crippen LogP) is 4.45. The van der Waals surface area contributed by atoms with Crippen molar-refractivity contribution in [1.82, 2.24) is 5.32 Å². The second kappa shape index (κ2) is 7.36. The topological polar surface area (TPSA) is 12.0 Å². The molecule has 1 rings (SSSR count). The van der Waals surface area contributed by atoms with E-state index in [2.05, 4.69) is 60.2 Å². The summed E-state index contributed by atoms with van der Waals surface area (Å²) in [4.78, 5) is 1.39. The summed E-state index contributed by atoms with van der Waals surface area (Å²) in [6.45, 7) is 7.53. The Hall–Kier alpha value is 0.01000. The molecule has 16 heavy (non-hydrogen) atoms. The lowest BCUT2D eigenvalue weighted by molar-refractivity contribution is 0.584. The van der Waals surface area contributed by atoms with Crippen LogP contribution >= 0.6 is 27.7 Å². The molecule has 3 heteroatoms. The van der Waals surface area contributed by atoms with Crippen molar-refractivity contribution in [1.29, 1.82) is 0 Å². The van der Waals surface area contributed by atoms with Crippen molar-refractivity contribution in [3.05, 3.63) is 28.2 Å². The summed E-state index contributed by atoms with van der Waals surface area (Å²) in [5, 5.41) is 3.47. The molecular formula is C13H20BrNS. The summed E-state index contributed by atoms with van der Waals surface area (Å²) in [5.41, 5.74) is 1.40. The van der Waals surface area contributed by atoms with Crippen LogP contribution in [0.25, 0.3) is 0 Å². The van der Waals surface area contributed by atoms with Crippen LogP contribution in [-0.2, 0) is 6.54 Å². The Labute approximate surface area is 112 Å². The quantitative estimate of drug-likeness (QED) is 0.779. The van der Waals surface area contributed by atoms with Crippen LogP contribution in [0.3, 0.4) is 0 Å². The zero-order valence-electron chi connectivity index (χ0n) is 10.2. The molecule has 0 saturated carbocycles. The number of hydrogen-bond acceptors (Lipinski definition) is 2. The van der Waals surface area contributed by atoms with E-state index in [0.717, 1.165) is 6.54 Å². The van der Waals surface area contributed by atoms with Crippen LogP contribution < -0.4 is 5.32 Å². The molecule has 0 heterocycles. The Morgan fingerprint density at radius 3 is 2.75 bits per heavy atom. The van der Waals surface area contributed by atoms with E-state index in [9.17, 15) is 0 Å². The lowest BCUT2D eigenvalue weighted by Gasteiger charge is -2.12. The summed E-state index contributed by atoms with van der Waals surface area (Å²) < 4.78 is 1.17. The van der Waals surface area contributed by atoms with Crippen LogP contribution in [0, 0.1) is 0 Å². The van der Waals surface area contributed by atoms with Crippen molar-refractivity contribution in [3.63, 3.8) is 0 Å². The van der Waals surface area contributed by atoms with E-state index in [1.165, 1.54) is 27.1 Å². The van der Waals surface area contributed by atoms with E-state index in [4.69, 9.17) is 0 Å². The monoisotopic (exact) mass is 301 g/mol. The molecule has 1 nitrogen and oxygen atoms in total. The summed E-state index contributed by atoms with van der Waals surface area (Å²) in [7, 11) is 0. The van der Waals surface area contributed by atoms with Gasteiger partial charge in [-0.2, -0.15) is 0 Å². The van der Waals surface area contributed by atoms with Gasteiger partial charge in [0.15, 0.2) is 0 Å². The summed E-state index contributed by atoms with van der Waals surface area (Å²) in [5.74, 6) is 1.19. The largest absolute Gasteiger partial charge is 0.310 e. The van der Waals surface area contributed by atoms with Gasteiger partial charge < -0.3 is 5.32 Å². The number of nitrogens with one attached hydrogen (secondary N) is 1. The highest BCUT2D eigenvalue weighted by Crippen LogP contribution is 2.27. The van der Waals surface area contributed by atoms with Crippen LogP contribution in [0.15, 0.2) is 27.6 Å². The zero-order chi connectivity index (χ0) is 12.0. The Bertz CT molecular complexity index is 326. The van der Waals surface area contributed by atoms with Crippen LogP contribution in [0.4, 0.5) is 0 Å². The van der Waals surface area contributed by atoms with E-state index in [0.29, 0.717) is 6.04 Å². The maximum Gasteiger partial charge on any atom is 0.0218 e. The van der Waals surface area contributed by atoms with Gasteiger partial charge in [0, 0.05) is 22.0 Å². The van der Waals surface area contributed by atoms with Crippen LogP contribution in [0.5, 0.6) is 0 Å². The Morgan fingerprint density at radius 2 is 2.12 bits per heavy atom. The molecule has 0 fully saturated rings. The smallest absolute Gasteiger partial charge is 0.0218 e. The lowest BCUT2D eigenvalue weighted by Crippen LogP contribution is -2.22. The normalized spacial score (nSPS) is 11.1. The van der Waals surface area contributed by atoms with Gasteiger partial charge in [0.1, 0.15) is 0 Å². The summed E-state index contributed by atoms with van der Waals surface area (Å²) >= 11 is 5.48. The number of thioether (sulfide) groups is 1. The number of halogens is 1. The molecule has 0 aliphatic carbocycles. The highest BCUT2D eigenvalue weighted by Gasteiger charge is 2.04. The fourth-order valence-electron chi connectivity index (χ4n) is 1.33. The third-order valence-corrected chi connectivity index (χ3v) is 3.99. The Balaban J connectivity index is 2.72. The molecule has 90 valence electrons. The first-order chi connectivity index (χ1) is 7.63. The molecule has 1 aromatic rings. The molecule has 0 saturated heterocycles. The Kier molecular flexibility index (Phi) is 6.47. The predicted molar refractivity (Wildman–Crippen MR) is 77.1 cm³/mol. The molecule has 1 aromatic carbocycles. The molecule has 0 bridgehead atoms. The highest BCUT2D eigenvalue weighted by atomic mass is 79.9. The molecule has 0 unspecified atom stereocenters. The van der Waals surface area contributed by atoms with Gasteiger partial charge in [-0.15, -0.1) is 11.8 Å². The lowest BCUT2D eigenvalue weighted by atomic mass is 10.2. The van der Waals surface area contributed by atoms with E-state index < -0.39 is 0 Å². The maximum absolute atomic E-state index is 3.53. The van der Waals surface area contributed by atoms with Gasteiger partial charge in [0.2, 0.25) is 0 Å². The van der Waals surface area contributed by atoms with Gasteiger partial charge in [-0.05, 0) is 29.9 Å². The summed E-state index contributed by atoms with van der Waals surface area (Å²) in [6.07, 6.45) is 1.22. The minimum atomic E-state index is 0.535. The zero-order valence-corrected chi connectivity index (χ0v) is 12.6. The van der Waals surface area contributed by atoms with Crippen molar-refractivity contribution in [3.8, 4) is 0 Å². The molecule has 0 aromatic heterocycles. The van der Waals surface area contributed by atoms with E-state index in [-0.39, 0.29) is 0 Å². The van der Waals surface area contributed by atoms with Gasteiger partial charge in [0.25, 0.3) is 0 Å². The Morgan fingerprint density at radius 1 is 1.38 bits per heavy atom. The number of hydrogen-bond donors (Lipinski definition) is 1. The molecule has 0 radical (unpaired) electrons. The van der Waals surface area contributed by atoms with E-state index >= 15 is 0 Å². The first-order valence-corrected chi connectivity index (χ1v) is 7.56. The first-order valence-electron chi connectivity index (χ1n) is 5.78. The average molecular weight is 302 g/mol. The summed E-state index contributed by atoms with van der Waals surface area (Å²) in [6, 6.07) is 7.08. The SMILES string of the molecule is CCCSc1cc(Br)ccc1CNC(C)C. The van der Waals surface area contributed by atoms with Gasteiger partial charge in [0.05, 0.1) is 0 Å². The number of benzene rings is 1. The second-order valence-electron chi connectivity index (χ2n) is 4.14. The van der Waals surface area contributed by atoms with E-state index in [1.807, 2.05) is 11.8 Å². The third-order valence-electron chi connectivity index (χ3n) is 2.19. The first kappa shape index (κ1) is 14.1. The molecule has 0 atom stereocenters.